The van der Waals surface area contributed by atoms with Gasteiger partial charge in [0, 0.05) is 23.5 Å². The quantitative estimate of drug-likeness (QED) is 0.188. The number of hydrazone groups is 1. The lowest BCUT2D eigenvalue weighted by Crippen LogP contribution is -2.39. The second kappa shape index (κ2) is 13.0. The van der Waals surface area contributed by atoms with E-state index in [1.165, 1.54) is 30.1 Å². The van der Waals surface area contributed by atoms with Crippen LogP contribution in [0.4, 0.5) is 11.4 Å². The molecule has 0 aliphatic heterocycles. The fourth-order valence-corrected chi connectivity index (χ4v) is 5.96. The molecule has 196 valence electrons. The van der Waals surface area contributed by atoms with Crippen LogP contribution in [0.1, 0.15) is 12.5 Å². The van der Waals surface area contributed by atoms with Crippen molar-refractivity contribution in [1.82, 2.24) is 5.43 Å². The first-order valence-electron chi connectivity index (χ1n) is 11.3. The summed E-state index contributed by atoms with van der Waals surface area (Å²) in [6.45, 7) is 1.89. The van der Waals surface area contributed by atoms with E-state index < -0.39 is 22.5 Å². The first kappa shape index (κ1) is 28.5. The van der Waals surface area contributed by atoms with Crippen LogP contribution < -0.4 is 19.4 Å². The van der Waals surface area contributed by atoms with E-state index in [9.17, 15) is 13.2 Å². The lowest BCUT2D eigenvalue weighted by atomic mass is 10.2. The number of hydrogen-bond donors (Lipinski definition) is 1. The van der Waals surface area contributed by atoms with Crippen molar-refractivity contribution < 1.29 is 17.9 Å². The van der Waals surface area contributed by atoms with Gasteiger partial charge in [-0.15, -0.1) is 11.8 Å². The third-order valence-corrected chi connectivity index (χ3v) is 8.39. The largest absolute Gasteiger partial charge is 0.494 e. The summed E-state index contributed by atoms with van der Waals surface area (Å²) in [6, 6.07) is 18.8. The minimum absolute atomic E-state index is 0.0846. The van der Waals surface area contributed by atoms with Crippen molar-refractivity contribution in [3.63, 3.8) is 0 Å². The van der Waals surface area contributed by atoms with Gasteiger partial charge in [0.05, 0.1) is 29.1 Å². The van der Waals surface area contributed by atoms with E-state index in [4.69, 9.17) is 4.74 Å². The molecule has 37 heavy (non-hydrogen) atoms. The lowest BCUT2D eigenvalue weighted by molar-refractivity contribution is -0.119. The van der Waals surface area contributed by atoms with Gasteiger partial charge in [-0.2, -0.15) is 5.10 Å². The molecule has 8 nitrogen and oxygen atoms in total. The van der Waals surface area contributed by atoms with Crippen LogP contribution in [0.2, 0.25) is 0 Å². The number of hydrogen-bond acceptors (Lipinski definition) is 7. The Kier molecular flexibility index (Phi) is 10.0. The Balaban J connectivity index is 1.82. The van der Waals surface area contributed by atoms with E-state index in [1.54, 1.807) is 36.4 Å². The monoisotopic (exact) mass is 604 g/mol. The van der Waals surface area contributed by atoms with Crippen molar-refractivity contribution in [2.75, 3.05) is 42.7 Å². The van der Waals surface area contributed by atoms with Crippen LogP contribution >= 0.6 is 27.7 Å². The number of anilines is 2. The molecule has 3 rings (SSSR count). The first-order valence-corrected chi connectivity index (χ1v) is 14.8. The molecule has 3 aromatic carbocycles. The predicted octanol–water partition coefficient (Wildman–Crippen LogP) is 4.98. The highest BCUT2D eigenvalue weighted by molar-refractivity contribution is 9.10. The standard InChI is InChI=1S/C26H29BrN4O4S2/c1-5-35-21-9-7-20(8-10-21)31(37(33,34)23-13-11-22(36-4)12-14-23)18-26(32)29-28-17-19-6-15-25(30(2)3)24(27)16-19/h6-17H,5,18H2,1-4H3,(H,29,32)/b28-17-. The minimum atomic E-state index is -4.04. The van der Waals surface area contributed by atoms with Crippen LogP contribution in [0.5, 0.6) is 5.75 Å². The van der Waals surface area contributed by atoms with E-state index in [1.807, 2.05) is 50.4 Å². The zero-order chi connectivity index (χ0) is 27.0. The van der Waals surface area contributed by atoms with Gasteiger partial charge < -0.3 is 9.64 Å². The number of carbonyl (C=O) groups is 1. The lowest BCUT2D eigenvalue weighted by Gasteiger charge is -2.24. The number of sulfonamides is 1. The number of amides is 1. The number of carbonyl (C=O) groups excluding carboxylic acids is 1. The topological polar surface area (TPSA) is 91.3 Å². The number of nitrogens with zero attached hydrogens (tertiary/aromatic N) is 3. The van der Waals surface area contributed by atoms with Crippen molar-refractivity contribution in [1.29, 1.82) is 0 Å². The third-order valence-electron chi connectivity index (χ3n) is 5.23. The Hall–Kier alpha value is -3.02. The summed E-state index contributed by atoms with van der Waals surface area (Å²) in [5.41, 5.74) is 4.53. The van der Waals surface area contributed by atoms with E-state index in [-0.39, 0.29) is 4.90 Å². The molecule has 0 atom stereocenters. The molecule has 1 amide bonds. The summed E-state index contributed by atoms with van der Waals surface area (Å²) in [5.74, 6) is 0.0202. The number of halogens is 1. The van der Waals surface area contributed by atoms with Gasteiger partial charge in [0.15, 0.2) is 0 Å². The van der Waals surface area contributed by atoms with Crippen molar-refractivity contribution in [2.45, 2.75) is 16.7 Å². The molecule has 3 aromatic rings. The number of ether oxygens (including phenoxy) is 1. The Morgan fingerprint density at radius 2 is 1.76 bits per heavy atom. The molecule has 0 spiro atoms. The van der Waals surface area contributed by atoms with Crippen molar-refractivity contribution in [3.8, 4) is 5.75 Å². The molecule has 0 unspecified atom stereocenters. The molecular weight excluding hydrogens is 576 g/mol. The van der Waals surface area contributed by atoms with Gasteiger partial charge in [-0.3, -0.25) is 9.10 Å². The van der Waals surface area contributed by atoms with Gasteiger partial charge in [-0.25, -0.2) is 13.8 Å². The van der Waals surface area contributed by atoms with Crippen LogP contribution in [-0.4, -0.2) is 54.0 Å². The number of nitrogens with one attached hydrogen (secondary N) is 1. The van der Waals surface area contributed by atoms with Gasteiger partial charge in [-0.05, 0) is 95.3 Å². The fourth-order valence-electron chi connectivity index (χ4n) is 3.38. The Bertz CT molecular complexity index is 1350. The summed E-state index contributed by atoms with van der Waals surface area (Å²) in [5, 5.41) is 4.02. The van der Waals surface area contributed by atoms with E-state index in [0.29, 0.717) is 18.0 Å². The predicted molar refractivity (Wildman–Crippen MR) is 155 cm³/mol. The number of rotatable bonds is 11. The van der Waals surface area contributed by atoms with Crippen LogP contribution in [0.15, 0.2) is 86.1 Å². The van der Waals surface area contributed by atoms with E-state index in [2.05, 4.69) is 26.5 Å². The number of thioether (sulfide) groups is 1. The molecule has 0 radical (unpaired) electrons. The molecule has 0 fully saturated rings. The zero-order valence-corrected chi connectivity index (χ0v) is 24.2. The first-order chi connectivity index (χ1) is 17.6. The highest BCUT2D eigenvalue weighted by Crippen LogP contribution is 2.27. The SMILES string of the molecule is CCOc1ccc(N(CC(=O)N/N=C\c2ccc(N(C)C)c(Br)c2)S(=O)(=O)c2ccc(SC)cc2)cc1. The van der Waals surface area contributed by atoms with Gasteiger partial charge in [0.25, 0.3) is 15.9 Å². The normalized spacial score (nSPS) is 11.4. The van der Waals surface area contributed by atoms with Crippen LogP contribution in [0.3, 0.4) is 0 Å². The van der Waals surface area contributed by atoms with Crippen molar-refractivity contribution in [3.05, 3.63) is 76.8 Å². The minimum Gasteiger partial charge on any atom is -0.494 e. The molecule has 0 saturated heterocycles. The molecule has 0 bridgehead atoms. The average Bonchev–Trinajstić information content (AvgIpc) is 2.88. The zero-order valence-electron chi connectivity index (χ0n) is 21.0. The van der Waals surface area contributed by atoms with Gasteiger partial charge >= 0.3 is 0 Å². The van der Waals surface area contributed by atoms with Crippen LogP contribution in [0, 0.1) is 0 Å². The average molecular weight is 606 g/mol. The Morgan fingerprint density at radius 1 is 1.08 bits per heavy atom. The molecule has 0 heterocycles. The van der Waals surface area contributed by atoms with E-state index >= 15 is 0 Å². The van der Waals surface area contributed by atoms with Gasteiger partial charge in [-0.1, -0.05) is 6.07 Å². The molecule has 0 aliphatic carbocycles. The van der Waals surface area contributed by atoms with Crippen molar-refractivity contribution >= 4 is 61.2 Å². The second-order valence-electron chi connectivity index (χ2n) is 8.01. The summed E-state index contributed by atoms with van der Waals surface area (Å²) < 4.78 is 34.5. The van der Waals surface area contributed by atoms with Crippen LogP contribution in [-0.2, 0) is 14.8 Å². The molecule has 0 aliphatic rings. The second-order valence-corrected chi connectivity index (χ2v) is 11.6. The third kappa shape index (κ3) is 7.50. The summed E-state index contributed by atoms with van der Waals surface area (Å²) >= 11 is 5.03. The smallest absolute Gasteiger partial charge is 0.264 e. The summed E-state index contributed by atoms with van der Waals surface area (Å²) in [4.78, 5) is 15.8. The number of benzene rings is 3. The van der Waals surface area contributed by atoms with Crippen molar-refractivity contribution in [2.24, 2.45) is 5.10 Å². The van der Waals surface area contributed by atoms with Crippen LogP contribution in [0.25, 0.3) is 0 Å². The molecule has 1 N–H and O–H groups in total. The molecule has 11 heteroatoms. The Morgan fingerprint density at radius 3 is 2.32 bits per heavy atom. The fraction of sp³-hybridized carbons (Fsp3) is 0.231. The maximum atomic E-state index is 13.6. The maximum absolute atomic E-state index is 13.6. The Labute approximate surface area is 230 Å². The molecular formula is C26H29BrN4O4S2. The molecule has 0 saturated carbocycles. The highest BCUT2D eigenvalue weighted by atomic mass is 79.9. The maximum Gasteiger partial charge on any atom is 0.264 e. The van der Waals surface area contributed by atoms with Gasteiger partial charge in [0.1, 0.15) is 12.3 Å². The van der Waals surface area contributed by atoms with Gasteiger partial charge in [0.2, 0.25) is 0 Å². The summed E-state index contributed by atoms with van der Waals surface area (Å²) in [6.07, 6.45) is 3.41. The highest BCUT2D eigenvalue weighted by Gasteiger charge is 2.27. The van der Waals surface area contributed by atoms with E-state index in [0.717, 1.165) is 24.9 Å². The summed E-state index contributed by atoms with van der Waals surface area (Å²) in [7, 11) is -0.156. The molecule has 0 aromatic heterocycles.